The van der Waals surface area contributed by atoms with Crippen molar-refractivity contribution in [2.24, 2.45) is 0 Å². The van der Waals surface area contributed by atoms with Gasteiger partial charge in [-0.15, -0.1) is 0 Å². The van der Waals surface area contributed by atoms with Crippen molar-refractivity contribution >= 4 is 17.9 Å². The van der Waals surface area contributed by atoms with Crippen LogP contribution >= 0.6 is 0 Å². The smallest absolute Gasteiger partial charge is 0.408 e. The Hall–Kier alpha value is -4.06. The summed E-state index contributed by atoms with van der Waals surface area (Å²) in [4.78, 5) is 41.8. The first-order chi connectivity index (χ1) is 18.0. The third-order valence-corrected chi connectivity index (χ3v) is 5.51. The molecule has 0 heterocycles. The number of nitrogens with zero attached hydrogens (tertiary/aromatic N) is 2. The molecule has 9 nitrogen and oxygen atoms in total. The van der Waals surface area contributed by atoms with Crippen molar-refractivity contribution in [2.45, 2.75) is 85.0 Å². The van der Waals surface area contributed by atoms with E-state index in [0.29, 0.717) is 11.1 Å². The Bertz CT molecular complexity index is 1200. The maximum absolute atomic E-state index is 14.1. The van der Waals surface area contributed by atoms with Crippen LogP contribution in [0.3, 0.4) is 0 Å². The maximum atomic E-state index is 14.1. The number of hydrogen-bond acceptors (Lipinski definition) is 6. The molecule has 0 spiro atoms. The number of hydrogen-bond donors (Lipinski definition) is 3. The lowest BCUT2D eigenvalue weighted by atomic mass is 9.96. The minimum Gasteiger partial charge on any atom is -0.508 e. The first kappa shape index (κ1) is 31.2. The second kappa shape index (κ2) is 12.7. The van der Waals surface area contributed by atoms with E-state index in [1.807, 2.05) is 58.9 Å². The normalized spacial score (nSPS) is 13.0. The van der Waals surface area contributed by atoms with Crippen LogP contribution in [0, 0.1) is 25.2 Å². The van der Waals surface area contributed by atoms with E-state index in [2.05, 4.69) is 10.6 Å². The van der Waals surface area contributed by atoms with E-state index in [1.54, 1.807) is 32.9 Å². The van der Waals surface area contributed by atoms with Gasteiger partial charge in [0.05, 0.1) is 6.07 Å². The van der Waals surface area contributed by atoms with Gasteiger partial charge in [-0.1, -0.05) is 41.5 Å². The van der Waals surface area contributed by atoms with Crippen LogP contribution in [0.1, 0.15) is 69.8 Å². The van der Waals surface area contributed by atoms with Gasteiger partial charge in [-0.3, -0.25) is 9.59 Å². The minimum absolute atomic E-state index is 0.0424. The van der Waals surface area contributed by atoms with Crippen molar-refractivity contribution < 1.29 is 24.2 Å². The molecule has 3 N–H and O–H groups in total. The van der Waals surface area contributed by atoms with Gasteiger partial charge in [-0.05, 0) is 78.6 Å². The molecular formula is C30H40N4O5. The molecule has 39 heavy (non-hydrogen) atoms. The number of nitrogens with one attached hydrogen (secondary N) is 2. The van der Waals surface area contributed by atoms with E-state index in [9.17, 15) is 24.8 Å². The fourth-order valence-corrected chi connectivity index (χ4v) is 4.17. The van der Waals surface area contributed by atoms with Crippen molar-refractivity contribution in [3.8, 4) is 11.8 Å². The van der Waals surface area contributed by atoms with Gasteiger partial charge in [0.15, 0.2) is 0 Å². The number of aryl methyl sites for hydroxylation is 2. The summed E-state index contributed by atoms with van der Waals surface area (Å²) in [6.07, 6.45) is -0.764. The lowest BCUT2D eigenvalue weighted by molar-refractivity contribution is -0.142. The summed E-state index contributed by atoms with van der Waals surface area (Å²) in [6.45, 7) is 14.0. The molecule has 0 aromatic heterocycles. The van der Waals surface area contributed by atoms with Crippen LogP contribution in [0.5, 0.6) is 5.75 Å². The summed E-state index contributed by atoms with van der Waals surface area (Å²) in [7, 11) is 0. The predicted octanol–water partition coefficient (Wildman–Crippen LogP) is 4.45. The number of amides is 3. The molecule has 0 aliphatic carbocycles. The first-order valence-corrected chi connectivity index (χ1v) is 12.8. The standard InChI is InChI=1S/C30H40N4O5/c1-19-15-20(2)17-22(16-19)25(26(36)33-29(3,4)5)34(14-13-31)27(37)24(32-28(38)39-30(6,7)8)18-21-9-11-23(35)12-10-21/h9-12,15-17,24-25,35H,14,18H2,1-8H3,(H,32,38)(H,33,36). The maximum Gasteiger partial charge on any atom is 0.408 e. The second-order valence-electron chi connectivity index (χ2n) is 11.8. The van der Waals surface area contributed by atoms with Gasteiger partial charge in [0.25, 0.3) is 0 Å². The summed E-state index contributed by atoms with van der Waals surface area (Å²) in [5.74, 6) is -1.01. The summed E-state index contributed by atoms with van der Waals surface area (Å²) in [5.41, 5.74) is 1.60. The number of rotatable bonds is 8. The SMILES string of the molecule is Cc1cc(C)cc(C(C(=O)NC(C)(C)C)N(CC#N)C(=O)C(Cc2ccc(O)cc2)NC(=O)OC(C)(C)C)c1. The van der Waals surface area contributed by atoms with Gasteiger partial charge in [0, 0.05) is 12.0 Å². The summed E-state index contributed by atoms with van der Waals surface area (Å²) < 4.78 is 5.40. The highest BCUT2D eigenvalue weighted by Crippen LogP contribution is 2.26. The van der Waals surface area contributed by atoms with Crippen molar-refractivity contribution in [3.63, 3.8) is 0 Å². The van der Waals surface area contributed by atoms with E-state index in [1.165, 1.54) is 17.0 Å². The number of nitriles is 1. The molecule has 2 rings (SSSR count). The highest BCUT2D eigenvalue weighted by Gasteiger charge is 2.37. The number of carbonyl (C=O) groups is 3. The van der Waals surface area contributed by atoms with Crippen molar-refractivity contribution in [3.05, 3.63) is 64.7 Å². The average molecular weight is 537 g/mol. The molecule has 0 fully saturated rings. The molecule has 9 heteroatoms. The van der Waals surface area contributed by atoms with Crippen LogP contribution in [0.15, 0.2) is 42.5 Å². The lowest BCUT2D eigenvalue weighted by Gasteiger charge is -2.35. The Labute approximate surface area is 231 Å². The number of aromatic hydroxyl groups is 1. The van der Waals surface area contributed by atoms with Gasteiger partial charge in [0.1, 0.15) is 30.0 Å². The van der Waals surface area contributed by atoms with Crippen molar-refractivity contribution in [1.82, 2.24) is 15.5 Å². The van der Waals surface area contributed by atoms with E-state index in [0.717, 1.165) is 11.1 Å². The van der Waals surface area contributed by atoms with Crippen LogP contribution in [-0.4, -0.2) is 51.6 Å². The average Bonchev–Trinajstić information content (AvgIpc) is 2.76. The number of phenols is 1. The quantitative estimate of drug-likeness (QED) is 0.427. The molecule has 3 amide bonds. The van der Waals surface area contributed by atoms with Gasteiger partial charge in [-0.25, -0.2) is 4.79 Å². The Kier molecular flexibility index (Phi) is 10.1. The number of carbonyl (C=O) groups excluding carboxylic acids is 3. The van der Waals surface area contributed by atoms with Gasteiger partial charge >= 0.3 is 6.09 Å². The molecule has 2 unspecified atom stereocenters. The summed E-state index contributed by atoms with van der Waals surface area (Å²) in [5, 5.41) is 25.0. The predicted molar refractivity (Wildman–Crippen MR) is 149 cm³/mol. The Morgan fingerprint density at radius 2 is 1.56 bits per heavy atom. The Balaban J connectivity index is 2.60. The van der Waals surface area contributed by atoms with Gasteiger partial charge in [0.2, 0.25) is 11.8 Å². The molecule has 2 aromatic carbocycles. The van der Waals surface area contributed by atoms with E-state index in [-0.39, 0.29) is 12.2 Å². The van der Waals surface area contributed by atoms with E-state index < -0.39 is 47.7 Å². The first-order valence-electron chi connectivity index (χ1n) is 12.8. The van der Waals surface area contributed by atoms with Crippen LogP contribution in [0.25, 0.3) is 0 Å². The lowest BCUT2D eigenvalue weighted by Crippen LogP contribution is -2.55. The van der Waals surface area contributed by atoms with Crippen LogP contribution < -0.4 is 10.6 Å². The second-order valence-corrected chi connectivity index (χ2v) is 11.8. The minimum atomic E-state index is -1.16. The highest BCUT2D eigenvalue weighted by atomic mass is 16.6. The van der Waals surface area contributed by atoms with Crippen LogP contribution in [0.4, 0.5) is 4.79 Å². The molecule has 0 aliphatic rings. The molecule has 0 aliphatic heterocycles. The molecule has 210 valence electrons. The molecule has 2 atom stereocenters. The number of alkyl carbamates (subject to hydrolysis) is 1. The fourth-order valence-electron chi connectivity index (χ4n) is 4.17. The number of phenolic OH excluding ortho intramolecular Hbond substituents is 1. The van der Waals surface area contributed by atoms with E-state index >= 15 is 0 Å². The zero-order valence-electron chi connectivity index (χ0n) is 24.1. The molecule has 0 saturated carbocycles. The monoisotopic (exact) mass is 536 g/mol. The zero-order chi connectivity index (χ0) is 29.5. The third kappa shape index (κ3) is 9.97. The number of ether oxygens (including phenoxy) is 1. The zero-order valence-corrected chi connectivity index (χ0v) is 24.1. The summed E-state index contributed by atoms with van der Waals surface area (Å²) >= 11 is 0. The van der Waals surface area contributed by atoms with Crippen LogP contribution in [0.2, 0.25) is 0 Å². The molecule has 0 radical (unpaired) electrons. The Morgan fingerprint density at radius 1 is 1.00 bits per heavy atom. The van der Waals surface area contributed by atoms with Gasteiger partial charge in [-0.2, -0.15) is 5.26 Å². The van der Waals surface area contributed by atoms with Crippen molar-refractivity contribution in [2.75, 3.05) is 6.54 Å². The third-order valence-electron chi connectivity index (χ3n) is 5.51. The summed E-state index contributed by atoms with van der Waals surface area (Å²) in [6, 6.07) is 11.5. The van der Waals surface area contributed by atoms with Crippen molar-refractivity contribution in [1.29, 1.82) is 5.26 Å². The largest absolute Gasteiger partial charge is 0.508 e. The Morgan fingerprint density at radius 3 is 2.05 bits per heavy atom. The van der Waals surface area contributed by atoms with E-state index in [4.69, 9.17) is 4.74 Å². The molecular weight excluding hydrogens is 496 g/mol. The molecule has 0 bridgehead atoms. The van der Waals surface area contributed by atoms with Crippen LogP contribution in [-0.2, 0) is 20.7 Å². The van der Waals surface area contributed by atoms with Gasteiger partial charge < -0.3 is 25.4 Å². The topological polar surface area (TPSA) is 132 Å². The molecule has 2 aromatic rings. The highest BCUT2D eigenvalue weighted by molar-refractivity contribution is 5.92. The fraction of sp³-hybridized carbons (Fsp3) is 0.467. The number of benzene rings is 2. The molecule has 0 saturated heterocycles.